The highest BCUT2D eigenvalue weighted by atomic mass is 16.6. The standard InChI is InChI=1S/C21H30O2/c1-16(12-14-18-10-5-6-11-19(18)22)8-7-9-17(2)13-15-20-21(3,4)23-20/h5-6,9-12,20,22H,7-8,13-15H2,1-4H3/b16-12+,17-9+/t20-/m0/s1. The molecule has 1 N–H and O–H groups in total. The van der Waals surface area contributed by atoms with Crippen molar-refractivity contribution >= 4 is 0 Å². The van der Waals surface area contributed by atoms with E-state index in [1.807, 2.05) is 18.2 Å². The first-order chi connectivity index (χ1) is 10.9. The summed E-state index contributed by atoms with van der Waals surface area (Å²) >= 11 is 0. The SMILES string of the molecule is C/C(=C\Cc1ccccc1O)CC/C=C(\C)CC[C@@H]1OC1(C)C. The number of rotatable bonds is 8. The van der Waals surface area contributed by atoms with Gasteiger partial charge in [-0.2, -0.15) is 0 Å². The summed E-state index contributed by atoms with van der Waals surface area (Å²) in [5, 5.41) is 9.77. The lowest BCUT2D eigenvalue weighted by molar-refractivity contribution is 0.320. The first-order valence-corrected chi connectivity index (χ1v) is 8.64. The van der Waals surface area contributed by atoms with Gasteiger partial charge in [0.1, 0.15) is 5.75 Å². The van der Waals surface area contributed by atoms with Crippen molar-refractivity contribution in [2.24, 2.45) is 0 Å². The van der Waals surface area contributed by atoms with Crippen molar-refractivity contribution in [1.82, 2.24) is 0 Å². The fourth-order valence-corrected chi connectivity index (χ4v) is 2.82. The van der Waals surface area contributed by atoms with Gasteiger partial charge in [0.2, 0.25) is 0 Å². The van der Waals surface area contributed by atoms with Gasteiger partial charge >= 0.3 is 0 Å². The average Bonchev–Trinajstić information content (AvgIpc) is 3.11. The molecule has 0 bridgehead atoms. The molecule has 1 aromatic rings. The van der Waals surface area contributed by atoms with Gasteiger partial charge in [-0.15, -0.1) is 0 Å². The first-order valence-electron chi connectivity index (χ1n) is 8.64. The van der Waals surface area contributed by atoms with Gasteiger partial charge in [0.05, 0.1) is 11.7 Å². The second-order valence-electron chi connectivity index (χ2n) is 7.22. The molecule has 1 heterocycles. The smallest absolute Gasteiger partial charge is 0.119 e. The molecule has 1 aliphatic rings. The molecule has 1 aliphatic heterocycles. The van der Waals surface area contributed by atoms with Crippen LogP contribution in [0.15, 0.2) is 47.6 Å². The summed E-state index contributed by atoms with van der Waals surface area (Å²) in [5.74, 6) is 0.387. The topological polar surface area (TPSA) is 32.8 Å². The van der Waals surface area contributed by atoms with Crippen LogP contribution in [0.1, 0.15) is 58.9 Å². The van der Waals surface area contributed by atoms with Gasteiger partial charge in [0.15, 0.2) is 0 Å². The third-order valence-electron chi connectivity index (χ3n) is 4.66. The molecule has 0 spiro atoms. The average molecular weight is 314 g/mol. The van der Waals surface area contributed by atoms with Crippen LogP contribution < -0.4 is 0 Å². The van der Waals surface area contributed by atoms with Gasteiger partial charge in [-0.3, -0.25) is 0 Å². The molecule has 1 atom stereocenters. The van der Waals surface area contributed by atoms with Crippen LogP contribution in [0.4, 0.5) is 0 Å². The minimum absolute atomic E-state index is 0.114. The zero-order chi connectivity index (χ0) is 16.9. The molecule has 2 rings (SSSR count). The Kier molecular flexibility index (Phi) is 6.06. The van der Waals surface area contributed by atoms with Crippen molar-refractivity contribution < 1.29 is 9.84 Å². The van der Waals surface area contributed by atoms with Crippen LogP contribution in [0.2, 0.25) is 0 Å². The lowest BCUT2D eigenvalue weighted by Crippen LogP contribution is -2.02. The van der Waals surface area contributed by atoms with Gasteiger partial charge in [0.25, 0.3) is 0 Å². The van der Waals surface area contributed by atoms with Crippen molar-refractivity contribution in [3.8, 4) is 5.75 Å². The van der Waals surface area contributed by atoms with Gasteiger partial charge in [-0.05, 0) is 71.4 Å². The zero-order valence-corrected chi connectivity index (χ0v) is 14.9. The number of phenolic OH excluding ortho intramolecular Hbond substituents is 1. The van der Waals surface area contributed by atoms with Crippen molar-refractivity contribution in [3.63, 3.8) is 0 Å². The van der Waals surface area contributed by atoms with E-state index in [-0.39, 0.29) is 5.60 Å². The van der Waals surface area contributed by atoms with Crippen LogP contribution in [0.3, 0.4) is 0 Å². The highest BCUT2D eigenvalue weighted by Crippen LogP contribution is 2.38. The first kappa shape index (κ1) is 17.8. The molecule has 23 heavy (non-hydrogen) atoms. The Morgan fingerprint density at radius 3 is 2.43 bits per heavy atom. The molecule has 1 fully saturated rings. The van der Waals surface area contributed by atoms with Crippen molar-refractivity contribution in [3.05, 3.63) is 53.1 Å². The van der Waals surface area contributed by atoms with E-state index in [2.05, 4.69) is 39.8 Å². The van der Waals surface area contributed by atoms with Crippen LogP contribution in [0.25, 0.3) is 0 Å². The van der Waals surface area contributed by atoms with E-state index >= 15 is 0 Å². The summed E-state index contributed by atoms with van der Waals surface area (Å²) in [4.78, 5) is 0. The molecule has 0 aromatic heterocycles. The normalized spacial score (nSPS) is 20.6. The van der Waals surface area contributed by atoms with E-state index in [9.17, 15) is 5.11 Å². The number of aromatic hydroxyl groups is 1. The van der Waals surface area contributed by atoms with E-state index in [0.717, 1.165) is 37.7 Å². The summed E-state index contributed by atoms with van der Waals surface area (Å²) < 4.78 is 5.62. The maximum Gasteiger partial charge on any atom is 0.119 e. The zero-order valence-electron chi connectivity index (χ0n) is 14.9. The number of ether oxygens (including phenoxy) is 1. The molecule has 1 aromatic carbocycles. The van der Waals surface area contributed by atoms with Crippen LogP contribution in [-0.2, 0) is 11.2 Å². The van der Waals surface area contributed by atoms with E-state index in [4.69, 9.17) is 4.74 Å². The third-order valence-corrected chi connectivity index (χ3v) is 4.66. The number of hydrogen-bond donors (Lipinski definition) is 1. The Morgan fingerprint density at radius 1 is 1.13 bits per heavy atom. The molecule has 0 saturated carbocycles. The fraction of sp³-hybridized carbons (Fsp3) is 0.524. The minimum Gasteiger partial charge on any atom is -0.508 e. The lowest BCUT2D eigenvalue weighted by atomic mass is 10.0. The summed E-state index contributed by atoms with van der Waals surface area (Å²) in [6.07, 6.45) is 10.3. The molecule has 126 valence electrons. The maximum atomic E-state index is 9.77. The molecule has 1 saturated heterocycles. The molecule has 0 unspecified atom stereocenters. The summed E-state index contributed by atoms with van der Waals surface area (Å²) in [6, 6.07) is 7.55. The second-order valence-corrected chi connectivity index (χ2v) is 7.22. The predicted octanol–water partition coefficient (Wildman–Crippen LogP) is 5.57. The maximum absolute atomic E-state index is 9.77. The Hall–Kier alpha value is -1.54. The largest absolute Gasteiger partial charge is 0.508 e. The third kappa shape index (κ3) is 5.87. The van der Waals surface area contributed by atoms with Gasteiger partial charge in [-0.1, -0.05) is 41.5 Å². The molecule has 0 radical (unpaired) electrons. The fourth-order valence-electron chi connectivity index (χ4n) is 2.82. The Bertz CT molecular complexity index is 581. The molecule has 2 nitrogen and oxygen atoms in total. The van der Waals surface area contributed by atoms with E-state index in [0.29, 0.717) is 11.9 Å². The van der Waals surface area contributed by atoms with Crippen LogP contribution >= 0.6 is 0 Å². The Morgan fingerprint density at radius 2 is 1.78 bits per heavy atom. The second kappa shape index (κ2) is 7.83. The number of phenols is 1. The number of allylic oxidation sites excluding steroid dienone is 4. The Labute approximate surface area is 140 Å². The van der Waals surface area contributed by atoms with Gasteiger partial charge < -0.3 is 9.84 Å². The van der Waals surface area contributed by atoms with Crippen molar-refractivity contribution in [1.29, 1.82) is 0 Å². The quantitative estimate of drug-likeness (QED) is 0.503. The van der Waals surface area contributed by atoms with E-state index < -0.39 is 0 Å². The van der Waals surface area contributed by atoms with E-state index in [1.165, 1.54) is 11.1 Å². The molecule has 2 heteroatoms. The van der Waals surface area contributed by atoms with Gasteiger partial charge in [-0.25, -0.2) is 0 Å². The lowest BCUT2D eigenvalue weighted by Gasteiger charge is -2.04. The minimum atomic E-state index is 0.114. The number of hydrogen-bond acceptors (Lipinski definition) is 2. The summed E-state index contributed by atoms with van der Waals surface area (Å²) in [7, 11) is 0. The van der Waals surface area contributed by atoms with Crippen LogP contribution in [0, 0.1) is 0 Å². The predicted molar refractivity (Wildman–Crippen MR) is 96.7 cm³/mol. The van der Waals surface area contributed by atoms with Crippen LogP contribution in [0.5, 0.6) is 5.75 Å². The van der Waals surface area contributed by atoms with Crippen molar-refractivity contribution in [2.45, 2.75) is 71.5 Å². The molecular weight excluding hydrogens is 284 g/mol. The summed E-state index contributed by atoms with van der Waals surface area (Å²) in [6.45, 7) is 8.71. The monoisotopic (exact) mass is 314 g/mol. The molecule has 0 amide bonds. The molecule has 0 aliphatic carbocycles. The number of para-hydroxylation sites is 1. The number of benzene rings is 1. The highest BCUT2D eigenvalue weighted by molar-refractivity contribution is 5.33. The number of epoxide rings is 1. The highest BCUT2D eigenvalue weighted by Gasteiger charge is 2.46. The van der Waals surface area contributed by atoms with Gasteiger partial charge in [0, 0.05) is 0 Å². The van der Waals surface area contributed by atoms with Crippen LogP contribution in [-0.4, -0.2) is 16.8 Å². The van der Waals surface area contributed by atoms with E-state index in [1.54, 1.807) is 6.07 Å². The Balaban J connectivity index is 1.69. The summed E-state index contributed by atoms with van der Waals surface area (Å²) in [5.41, 5.74) is 3.95. The van der Waals surface area contributed by atoms with Crippen molar-refractivity contribution in [2.75, 3.05) is 0 Å². The molecular formula is C21H30O2.